The molecule has 17 atom stereocenters. The first-order valence-electron chi connectivity index (χ1n) is 23.8. The second-order valence-electron chi connectivity index (χ2n) is 23.1. The van der Waals surface area contributed by atoms with Crippen LogP contribution in [-0.2, 0) is 16.0 Å². The molecule has 12 aliphatic rings. The van der Waals surface area contributed by atoms with Gasteiger partial charge in [0.15, 0.2) is 5.78 Å². The van der Waals surface area contributed by atoms with Crippen LogP contribution in [0.2, 0.25) is 0 Å². The third kappa shape index (κ3) is 4.35. The minimum Gasteiger partial charge on any atom is -0.508 e. The zero-order chi connectivity index (χ0) is 43.3. The third-order valence-corrected chi connectivity index (χ3v) is 21.4. The number of aromatic hydroxyl groups is 2. The maximum Gasteiger partial charge on any atom is 0.160 e. The van der Waals surface area contributed by atoms with Gasteiger partial charge in [-0.05, 0) is 121 Å². The standard InChI is InChI=1S/C50H69NO10/c1-6-51-24-27-20-42(3)14-11-32(27)50(41(57)26(42)2)47(58,15-16-52)40-35(61-50)22-48(59)36-19-34(55)39-38-31-17-29(53)18-33(54)30(31)10-9-28-21-46(36,43(39,4)23-37(56)49(28,38)60)45(12-7-8-13-45)25-44(40,48)5/h17-20,26,28,32,35,37-41,51-54,56-60H,6-16,21-25H2,1-5H3. The molecule has 11 nitrogen and oxygen atoms in total. The summed E-state index contributed by atoms with van der Waals surface area (Å²) in [5.74, 6) is -3.95. The van der Waals surface area contributed by atoms with E-state index >= 15 is 4.79 Å². The van der Waals surface area contributed by atoms with Gasteiger partial charge in [-0.1, -0.05) is 59.1 Å². The van der Waals surface area contributed by atoms with Crippen molar-refractivity contribution in [2.75, 3.05) is 19.7 Å². The van der Waals surface area contributed by atoms with Crippen molar-refractivity contribution in [3.8, 4) is 11.5 Å². The summed E-state index contributed by atoms with van der Waals surface area (Å²) >= 11 is 0. The van der Waals surface area contributed by atoms with Gasteiger partial charge in [0.05, 0.1) is 23.9 Å². The first kappa shape index (κ1) is 41.4. The minimum atomic E-state index is -1.75. The molecule has 1 aromatic rings. The van der Waals surface area contributed by atoms with Gasteiger partial charge in [-0.3, -0.25) is 4.79 Å². The highest BCUT2D eigenvalue weighted by molar-refractivity contribution is 5.97. The van der Waals surface area contributed by atoms with Crippen molar-refractivity contribution in [3.05, 3.63) is 46.6 Å². The maximum absolute atomic E-state index is 15.5. The number of benzene rings is 1. The number of allylic oxidation sites excluding steroid dienone is 2. The maximum atomic E-state index is 15.5. The Morgan fingerprint density at radius 3 is 2.38 bits per heavy atom. The van der Waals surface area contributed by atoms with Crippen LogP contribution in [0.4, 0.5) is 0 Å². The van der Waals surface area contributed by atoms with E-state index in [4.69, 9.17) is 4.74 Å². The van der Waals surface area contributed by atoms with Crippen molar-refractivity contribution in [2.45, 2.75) is 165 Å². The van der Waals surface area contributed by atoms with Crippen molar-refractivity contribution in [3.63, 3.8) is 0 Å². The van der Waals surface area contributed by atoms with Crippen LogP contribution in [0, 0.1) is 56.7 Å². The van der Waals surface area contributed by atoms with Gasteiger partial charge in [-0.25, -0.2) is 0 Å². The fourth-order valence-corrected chi connectivity index (χ4v) is 19.1. The van der Waals surface area contributed by atoms with Crippen LogP contribution < -0.4 is 5.32 Å². The number of aliphatic hydroxyl groups is 6. The summed E-state index contributed by atoms with van der Waals surface area (Å²) in [7, 11) is 0. The molecule has 334 valence electrons. The Morgan fingerprint density at radius 2 is 1.67 bits per heavy atom. The van der Waals surface area contributed by atoms with E-state index < -0.39 is 86.0 Å². The van der Waals surface area contributed by atoms with Crippen LogP contribution >= 0.6 is 0 Å². The number of likely N-dealkylation sites (N-methyl/N-ethyl adjacent to an activating group) is 1. The third-order valence-electron chi connectivity index (χ3n) is 21.4. The minimum absolute atomic E-state index is 0.0384. The molecular weight excluding hydrogens is 775 g/mol. The molecule has 13 rings (SSSR count). The molecular formula is C50H69NO10. The Labute approximate surface area is 359 Å². The van der Waals surface area contributed by atoms with Crippen molar-refractivity contribution in [1.82, 2.24) is 5.32 Å². The lowest BCUT2D eigenvalue weighted by Gasteiger charge is -2.73. The van der Waals surface area contributed by atoms with Crippen LogP contribution in [0.15, 0.2) is 35.4 Å². The number of ketones is 1. The van der Waals surface area contributed by atoms with Gasteiger partial charge in [0, 0.05) is 66.6 Å². The SMILES string of the molecule is CCNCC1=CC2(C)CCC1C1(OC3CC4(O)C5=CC(=O)C6C7c8cc(O)cc(O)c8CCC8CC5(C5(CCCC5)CC4(C)C3C1(O)CCO)C6(C)CC(O)C87O)C(O)C2C. The fourth-order valence-electron chi connectivity index (χ4n) is 19.1. The van der Waals surface area contributed by atoms with Crippen molar-refractivity contribution in [1.29, 1.82) is 0 Å². The number of carbonyl (C=O) groups is 1. The average molecular weight is 844 g/mol. The molecule has 8 fully saturated rings. The summed E-state index contributed by atoms with van der Waals surface area (Å²) < 4.78 is 7.52. The lowest BCUT2D eigenvalue weighted by molar-refractivity contribution is -0.261. The number of fused-ring (bicyclic) bond motifs is 8. The largest absolute Gasteiger partial charge is 0.508 e. The molecule has 61 heavy (non-hydrogen) atoms. The number of phenolic OH excluding ortho intramolecular Hbond substituents is 2. The molecule has 0 radical (unpaired) electrons. The topological polar surface area (TPSA) is 200 Å². The second kappa shape index (κ2) is 12.5. The number of carbonyl (C=O) groups excluding carboxylic acids is 1. The van der Waals surface area contributed by atoms with Crippen molar-refractivity contribution >= 4 is 5.78 Å². The van der Waals surface area contributed by atoms with Gasteiger partial charge < -0.3 is 50.9 Å². The van der Waals surface area contributed by atoms with Gasteiger partial charge in [-0.15, -0.1) is 0 Å². The molecule has 11 aliphatic carbocycles. The number of hydrogen-bond donors (Lipinski definition) is 9. The lowest BCUT2D eigenvalue weighted by Crippen LogP contribution is -2.74. The van der Waals surface area contributed by atoms with Crippen molar-refractivity contribution in [2.24, 2.45) is 56.7 Å². The highest BCUT2D eigenvalue weighted by atomic mass is 16.6. The number of nitrogens with one attached hydrogen (secondary N) is 1. The van der Waals surface area contributed by atoms with Gasteiger partial charge in [0.2, 0.25) is 0 Å². The smallest absolute Gasteiger partial charge is 0.160 e. The molecule has 17 unspecified atom stereocenters. The quantitative estimate of drug-likeness (QED) is 0.186. The molecule has 0 amide bonds. The average Bonchev–Trinajstić information content (AvgIpc) is 3.75. The molecule has 0 aromatic heterocycles. The van der Waals surface area contributed by atoms with Crippen LogP contribution in [-0.4, -0.2) is 107 Å². The van der Waals surface area contributed by atoms with Crippen LogP contribution in [0.5, 0.6) is 11.5 Å². The number of phenols is 2. The zero-order valence-electron chi connectivity index (χ0n) is 36.7. The summed E-state index contributed by atoms with van der Waals surface area (Å²) in [5.41, 5.74) is -7.36. The van der Waals surface area contributed by atoms with E-state index in [9.17, 15) is 40.9 Å². The number of ether oxygens (including phenoxy) is 1. The molecule has 8 bridgehead atoms. The van der Waals surface area contributed by atoms with Gasteiger partial charge in [0.1, 0.15) is 28.3 Å². The predicted octanol–water partition coefficient (Wildman–Crippen LogP) is 4.70. The van der Waals surface area contributed by atoms with Crippen LogP contribution in [0.3, 0.4) is 0 Å². The van der Waals surface area contributed by atoms with Gasteiger partial charge in [-0.2, -0.15) is 0 Å². The fraction of sp³-hybridized carbons (Fsp3) is 0.780. The summed E-state index contributed by atoms with van der Waals surface area (Å²) in [4.78, 5) is 15.5. The number of hydrogen-bond acceptors (Lipinski definition) is 11. The summed E-state index contributed by atoms with van der Waals surface area (Å²) in [6.07, 6.45) is 8.13. The van der Waals surface area contributed by atoms with Crippen LogP contribution in [0.1, 0.15) is 129 Å². The molecule has 9 N–H and O–H groups in total. The highest BCUT2D eigenvalue weighted by Crippen LogP contribution is 2.86. The lowest BCUT2D eigenvalue weighted by atomic mass is 9.31. The normalized spacial score (nSPS) is 53.2. The Morgan fingerprint density at radius 1 is 0.934 bits per heavy atom. The van der Waals surface area contributed by atoms with Gasteiger partial charge >= 0.3 is 0 Å². The number of rotatable bonds is 5. The Hall–Kier alpha value is -2.35. The van der Waals surface area contributed by atoms with E-state index in [1.807, 2.05) is 0 Å². The van der Waals surface area contributed by atoms with E-state index in [1.165, 1.54) is 6.07 Å². The Bertz CT molecular complexity index is 2150. The Kier molecular flexibility index (Phi) is 8.48. The van der Waals surface area contributed by atoms with Gasteiger partial charge in [0.25, 0.3) is 0 Å². The molecule has 3 spiro atoms. The first-order valence-corrected chi connectivity index (χ1v) is 23.8. The molecule has 11 heteroatoms. The number of aliphatic hydroxyl groups excluding tert-OH is 3. The molecule has 1 aromatic carbocycles. The molecule has 7 saturated carbocycles. The van der Waals surface area contributed by atoms with E-state index in [-0.39, 0.29) is 60.4 Å². The summed E-state index contributed by atoms with van der Waals surface area (Å²) in [5, 5.41) is 104. The van der Waals surface area contributed by atoms with Crippen molar-refractivity contribution < 1.29 is 50.4 Å². The Balaban J connectivity index is 1.13. The summed E-state index contributed by atoms with van der Waals surface area (Å²) in [6.45, 7) is 11.6. The molecule has 1 aliphatic heterocycles. The summed E-state index contributed by atoms with van der Waals surface area (Å²) in [6, 6.07) is 2.89. The second-order valence-corrected chi connectivity index (χ2v) is 23.1. The van der Waals surface area contributed by atoms with Crippen LogP contribution in [0.25, 0.3) is 0 Å². The monoisotopic (exact) mass is 843 g/mol. The zero-order valence-corrected chi connectivity index (χ0v) is 36.7. The van der Waals surface area contributed by atoms with E-state index in [0.717, 1.165) is 44.2 Å². The first-order chi connectivity index (χ1) is 28.7. The van der Waals surface area contributed by atoms with E-state index in [0.29, 0.717) is 55.3 Å². The van der Waals surface area contributed by atoms with E-state index in [2.05, 4.69) is 46.0 Å². The molecule has 1 saturated heterocycles. The van der Waals surface area contributed by atoms with E-state index in [1.54, 1.807) is 12.1 Å². The predicted molar refractivity (Wildman–Crippen MR) is 225 cm³/mol. The molecule has 1 heterocycles. The highest BCUT2D eigenvalue weighted by Gasteiger charge is 2.88.